The molecule has 1 N–H and O–H groups in total. The minimum absolute atomic E-state index is 0.536. The number of hydrogen-bond donors (Lipinski definition) is 1. The van der Waals surface area contributed by atoms with Gasteiger partial charge in [-0.05, 0) is 30.7 Å². The Morgan fingerprint density at radius 2 is 2.07 bits per heavy atom. The second-order valence-electron chi connectivity index (χ2n) is 3.14. The van der Waals surface area contributed by atoms with Crippen molar-refractivity contribution >= 4 is 23.2 Å². The van der Waals surface area contributed by atoms with E-state index in [0.29, 0.717) is 16.5 Å². The highest BCUT2D eigenvalue weighted by molar-refractivity contribution is 6.35. The smallest absolute Gasteiger partial charge is 0.0635 e. The number of hydrogen-bond acceptors (Lipinski definition) is 2. The van der Waals surface area contributed by atoms with Crippen molar-refractivity contribution in [2.24, 2.45) is 0 Å². The summed E-state index contributed by atoms with van der Waals surface area (Å²) in [6.07, 6.45) is 1.38. The van der Waals surface area contributed by atoms with Gasteiger partial charge in [-0.2, -0.15) is 5.26 Å². The molecule has 0 fully saturated rings. The van der Waals surface area contributed by atoms with Crippen LogP contribution in [-0.4, -0.2) is 13.1 Å². The largest absolute Gasteiger partial charge is 0.315 e. The maximum absolute atomic E-state index is 8.33. The molecule has 0 heterocycles. The van der Waals surface area contributed by atoms with Gasteiger partial charge in [0.15, 0.2) is 0 Å². The quantitative estimate of drug-likeness (QED) is 0.807. The van der Waals surface area contributed by atoms with Crippen LogP contribution in [0.15, 0.2) is 18.2 Å². The highest BCUT2D eigenvalue weighted by atomic mass is 35.5. The van der Waals surface area contributed by atoms with E-state index in [4.69, 9.17) is 28.5 Å². The van der Waals surface area contributed by atoms with Gasteiger partial charge in [0.2, 0.25) is 0 Å². The van der Waals surface area contributed by atoms with Gasteiger partial charge in [0.05, 0.1) is 6.07 Å². The van der Waals surface area contributed by atoms with Crippen molar-refractivity contribution in [2.75, 3.05) is 13.1 Å². The van der Waals surface area contributed by atoms with Gasteiger partial charge < -0.3 is 5.32 Å². The van der Waals surface area contributed by atoms with Crippen LogP contribution >= 0.6 is 23.2 Å². The summed E-state index contributed by atoms with van der Waals surface area (Å²) in [6.45, 7) is 1.55. The van der Waals surface area contributed by atoms with Crippen molar-refractivity contribution in [2.45, 2.75) is 12.8 Å². The first kappa shape index (κ1) is 12.3. The second-order valence-corrected chi connectivity index (χ2v) is 3.99. The molecule has 0 spiro atoms. The third kappa shape index (κ3) is 4.53. The summed E-state index contributed by atoms with van der Waals surface area (Å²) in [5.41, 5.74) is 1.07. The van der Waals surface area contributed by atoms with Gasteiger partial charge in [-0.1, -0.05) is 29.3 Å². The predicted molar refractivity (Wildman–Crippen MR) is 63.3 cm³/mol. The number of nitrogens with one attached hydrogen (secondary N) is 1. The van der Waals surface area contributed by atoms with Crippen LogP contribution in [0.3, 0.4) is 0 Å². The van der Waals surface area contributed by atoms with E-state index in [2.05, 4.69) is 11.4 Å². The zero-order valence-electron chi connectivity index (χ0n) is 8.26. The summed E-state index contributed by atoms with van der Waals surface area (Å²) in [5.74, 6) is 0. The molecule has 0 aromatic heterocycles. The summed E-state index contributed by atoms with van der Waals surface area (Å²) in [5, 5.41) is 12.8. The molecule has 1 rings (SSSR count). The van der Waals surface area contributed by atoms with E-state index in [0.717, 1.165) is 25.1 Å². The molecule has 0 aliphatic carbocycles. The molecule has 0 saturated heterocycles. The van der Waals surface area contributed by atoms with Crippen LogP contribution in [0.25, 0.3) is 0 Å². The minimum Gasteiger partial charge on any atom is -0.315 e. The Morgan fingerprint density at radius 3 is 2.73 bits per heavy atom. The Morgan fingerprint density at radius 1 is 1.27 bits per heavy atom. The molecule has 15 heavy (non-hydrogen) atoms. The average molecular weight is 243 g/mol. The van der Waals surface area contributed by atoms with E-state index >= 15 is 0 Å². The summed E-state index contributed by atoms with van der Waals surface area (Å²) >= 11 is 11.8. The van der Waals surface area contributed by atoms with Gasteiger partial charge in [0, 0.05) is 23.0 Å². The molecule has 2 nitrogen and oxygen atoms in total. The van der Waals surface area contributed by atoms with Crippen LogP contribution in [0.5, 0.6) is 0 Å². The van der Waals surface area contributed by atoms with Crippen molar-refractivity contribution in [3.8, 4) is 6.07 Å². The lowest BCUT2D eigenvalue weighted by Gasteiger charge is -2.05. The lowest BCUT2D eigenvalue weighted by atomic mass is 10.1. The number of benzene rings is 1. The molecule has 80 valence electrons. The van der Waals surface area contributed by atoms with E-state index in [1.54, 1.807) is 6.07 Å². The van der Waals surface area contributed by atoms with Gasteiger partial charge in [-0.3, -0.25) is 0 Å². The fourth-order valence-electron chi connectivity index (χ4n) is 1.22. The monoisotopic (exact) mass is 242 g/mol. The molecule has 4 heteroatoms. The van der Waals surface area contributed by atoms with Crippen molar-refractivity contribution in [1.82, 2.24) is 5.32 Å². The molecular formula is C11H12Cl2N2. The first-order valence-corrected chi connectivity index (χ1v) is 5.51. The number of rotatable bonds is 5. The normalized spacial score (nSPS) is 9.93. The van der Waals surface area contributed by atoms with Crippen LogP contribution in [-0.2, 0) is 6.42 Å². The second kappa shape index (κ2) is 6.68. The highest BCUT2D eigenvalue weighted by Gasteiger charge is 2.00. The molecule has 0 aliphatic rings. The van der Waals surface area contributed by atoms with E-state index in [-0.39, 0.29) is 0 Å². The number of nitrogens with zero attached hydrogens (tertiary/aromatic N) is 1. The molecule has 1 aromatic carbocycles. The summed E-state index contributed by atoms with van der Waals surface area (Å²) in [7, 11) is 0. The summed E-state index contributed by atoms with van der Waals surface area (Å²) < 4.78 is 0. The van der Waals surface area contributed by atoms with Gasteiger partial charge in [-0.15, -0.1) is 0 Å². The molecule has 1 aromatic rings. The SMILES string of the molecule is N#CCCNCCc1ccc(Cl)cc1Cl. The van der Waals surface area contributed by atoms with Crippen molar-refractivity contribution in [3.05, 3.63) is 33.8 Å². The van der Waals surface area contributed by atoms with E-state index in [1.807, 2.05) is 12.1 Å². The zero-order chi connectivity index (χ0) is 11.1. The third-order valence-electron chi connectivity index (χ3n) is 2.00. The molecule has 0 atom stereocenters. The lowest BCUT2D eigenvalue weighted by molar-refractivity contribution is 0.692. The first-order valence-electron chi connectivity index (χ1n) is 4.75. The Balaban J connectivity index is 2.35. The first-order chi connectivity index (χ1) is 7.24. The Labute approximate surface area is 99.8 Å². The molecular weight excluding hydrogens is 231 g/mol. The zero-order valence-corrected chi connectivity index (χ0v) is 9.78. The van der Waals surface area contributed by atoms with Gasteiger partial charge in [0.1, 0.15) is 0 Å². The molecule has 0 unspecified atom stereocenters. The average Bonchev–Trinajstić information content (AvgIpc) is 2.20. The topological polar surface area (TPSA) is 35.8 Å². The van der Waals surface area contributed by atoms with Crippen LogP contribution in [0.4, 0.5) is 0 Å². The summed E-state index contributed by atoms with van der Waals surface area (Å²) in [4.78, 5) is 0. The van der Waals surface area contributed by atoms with Crippen LogP contribution in [0.1, 0.15) is 12.0 Å². The molecule has 0 radical (unpaired) electrons. The summed E-state index contributed by atoms with van der Waals surface area (Å²) in [6, 6.07) is 7.58. The number of nitriles is 1. The molecule has 0 saturated carbocycles. The maximum Gasteiger partial charge on any atom is 0.0635 e. The van der Waals surface area contributed by atoms with Crippen LogP contribution < -0.4 is 5.32 Å². The minimum atomic E-state index is 0.536. The fraction of sp³-hybridized carbons (Fsp3) is 0.364. The molecule has 0 aliphatic heterocycles. The highest BCUT2D eigenvalue weighted by Crippen LogP contribution is 2.20. The van der Waals surface area contributed by atoms with E-state index in [9.17, 15) is 0 Å². The lowest BCUT2D eigenvalue weighted by Crippen LogP contribution is -2.18. The third-order valence-corrected chi connectivity index (χ3v) is 2.59. The van der Waals surface area contributed by atoms with E-state index < -0.39 is 0 Å². The van der Waals surface area contributed by atoms with Gasteiger partial charge in [0.25, 0.3) is 0 Å². The standard InChI is InChI=1S/C11H12Cl2N2/c12-10-3-2-9(11(13)8-10)4-7-15-6-1-5-14/h2-3,8,15H,1,4,6-7H2. The van der Waals surface area contributed by atoms with Crippen molar-refractivity contribution in [3.63, 3.8) is 0 Å². The predicted octanol–water partition coefficient (Wildman–Crippen LogP) is 3.04. The Bertz CT molecular complexity index is 358. The molecule has 0 bridgehead atoms. The van der Waals surface area contributed by atoms with Gasteiger partial charge >= 0.3 is 0 Å². The van der Waals surface area contributed by atoms with Crippen LogP contribution in [0, 0.1) is 11.3 Å². The van der Waals surface area contributed by atoms with Gasteiger partial charge in [-0.25, -0.2) is 0 Å². The fourth-order valence-corrected chi connectivity index (χ4v) is 1.72. The van der Waals surface area contributed by atoms with Crippen LogP contribution in [0.2, 0.25) is 10.0 Å². The maximum atomic E-state index is 8.33. The van der Waals surface area contributed by atoms with Crippen molar-refractivity contribution in [1.29, 1.82) is 5.26 Å². The van der Waals surface area contributed by atoms with E-state index in [1.165, 1.54) is 0 Å². The van der Waals surface area contributed by atoms with Crippen molar-refractivity contribution < 1.29 is 0 Å². The Kier molecular flexibility index (Phi) is 5.49. The Hall–Kier alpha value is -0.750. The molecule has 0 amide bonds. The number of halogens is 2.